The highest BCUT2D eigenvalue weighted by molar-refractivity contribution is 6.05. The summed E-state index contributed by atoms with van der Waals surface area (Å²) in [5.41, 5.74) is 0.645. The molecule has 1 aromatic heterocycles. The van der Waals surface area contributed by atoms with Crippen LogP contribution in [0.15, 0.2) is 30.5 Å². The van der Waals surface area contributed by atoms with Gasteiger partial charge in [-0.25, -0.2) is 0 Å². The van der Waals surface area contributed by atoms with Gasteiger partial charge in [-0.1, -0.05) is 26.7 Å². The molecule has 142 valence electrons. The van der Waals surface area contributed by atoms with E-state index in [1.165, 1.54) is 0 Å². The summed E-state index contributed by atoms with van der Waals surface area (Å²) in [6.45, 7) is 9.08. The number of ether oxygens (including phenoxy) is 2. The van der Waals surface area contributed by atoms with E-state index in [-0.39, 0.29) is 5.91 Å². The molecule has 26 heavy (non-hydrogen) atoms. The van der Waals surface area contributed by atoms with Crippen molar-refractivity contribution in [2.45, 2.75) is 59.0 Å². The summed E-state index contributed by atoms with van der Waals surface area (Å²) in [6, 6.07) is 7.55. The molecule has 5 heteroatoms. The molecule has 1 aromatic carbocycles. The van der Waals surface area contributed by atoms with Crippen LogP contribution in [0.4, 0.5) is 5.69 Å². The van der Waals surface area contributed by atoms with E-state index in [1.807, 2.05) is 38.1 Å². The molecule has 0 bridgehead atoms. The maximum Gasteiger partial charge on any atom is 0.256 e. The second kappa shape index (κ2) is 9.53. The van der Waals surface area contributed by atoms with Gasteiger partial charge in [-0.05, 0) is 51.0 Å². The molecular formula is C21H30N2O3. The molecule has 0 fully saturated rings. The molecule has 1 heterocycles. The van der Waals surface area contributed by atoms with Crippen molar-refractivity contribution < 1.29 is 14.3 Å². The van der Waals surface area contributed by atoms with Crippen LogP contribution in [0.3, 0.4) is 0 Å². The summed E-state index contributed by atoms with van der Waals surface area (Å²) in [6.07, 6.45) is 5.31. The monoisotopic (exact) mass is 358 g/mol. The second-order valence-electron chi connectivity index (χ2n) is 6.58. The Kier molecular flexibility index (Phi) is 7.39. The van der Waals surface area contributed by atoms with E-state index >= 15 is 0 Å². The molecule has 0 aliphatic carbocycles. The Balaban J connectivity index is 2.31. The third-order valence-electron chi connectivity index (χ3n) is 4.39. The predicted molar refractivity (Wildman–Crippen MR) is 106 cm³/mol. The number of nitrogens with zero attached hydrogens (tertiary/aromatic N) is 1. The number of aromatic nitrogens is 1. The van der Waals surface area contributed by atoms with E-state index in [9.17, 15) is 4.79 Å². The number of amides is 1. The van der Waals surface area contributed by atoms with Crippen LogP contribution in [0.25, 0.3) is 10.9 Å². The predicted octanol–water partition coefficient (Wildman–Crippen LogP) is 4.95. The number of anilines is 1. The maximum absolute atomic E-state index is 12.9. The van der Waals surface area contributed by atoms with Gasteiger partial charge in [-0.3, -0.25) is 9.78 Å². The summed E-state index contributed by atoms with van der Waals surface area (Å²) >= 11 is 0. The van der Waals surface area contributed by atoms with E-state index in [1.54, 1.807) is 6.20 Å². The van der Waals surface area contributed by atoms with Crippen molar-refractivity contribution >= 4 is 22.5 Å². The standard InChI is InChI=1S/C21H30N2O3/c1-5-8-13-21(4,26-7-3)20(24)23-17-11-12-18(25-15-6-2)19-16(17)10-9-14-22-19/h9-12,14H,5-8,13,15H2,1-4H3,(H,23,24)/t21-/m0/s1. The molecule has 0 spiro atoms. The van der Waals surface area contributed by atoms with Crippen molar-refractivity contribution in [2.24, 2.45) is 0 Å². The van der Waals surface area contributed by atoms with Gasteiger partial charge >= 0.3 is 0 Å². The van der Waals surface area contributed by atoms with Gasteiger partial charge in [0, 0.05) is 18.2 Å². The van der Waals surface area contributed by atoms with Crippen LogP contribution in [0, 0.1) is 0 Å². The number of pyridine rings is 1. The Bertz CT molecular complexity index is 732. The average Bonchev–Trinajstić information content (AvgIpc) is 2.66. The Morgan fingerprint density at radius 1 is 1.19 bits per heavy atom. The molecule has 0 aliphatic rings. The Hall–Kier alpha value is -2.14. The van der Waals surface area contributed by atoms with Crippen LogP contribution >= 0.6 is 0 Å². The van der Waals surface area contributed by atoms with Gasteiger partial charge in [-0.2, -0.15) is 0 Å². The minimum atomic E-state index is -0.837. The molecule has 2 aromatic rings. The fraction of sp³-hybridized carbons (Fsp3) is 0.524. The number of carbonyl (C=O) groups excluding carboxylic acids is 1. The minimum Gasteiger partial charge on any atom is -0.491 e. The lowest BCUT2D eigenvalue weighted by molar-refractivity contribution is -0.139. The SMILES string of the molecule is CCCC[C@](C)(OCC)C(=O)Nc1ccc(OCCC)c2ncccc12. The molecule has 1 atom stereocenters. The number of unbranched alkanes of at least 4 members (excludes halogenated alkanes) is 1. The number of carbonyl (C=O) groups is 1. The highest BCUT2D eigenvalue weighted by atomic mass is 16.5. The average molecular weight is 358 g/mol. The van der Waals surface area contributed by atoms with E-state index in [2.05, 4.69) is 24.1 Å². The quantitative estimate of drug-likeness (QED) is 0.653. The van der Waals surface area contributed by atoms with Crippen molar-refractivity contribution in [3.63, 3.8) is 0 Å². The van der Waals surface area contributed by atoms with Crippen molar-refractivity contribution in [3.8, 4) is 5.75 Å². The highest BCUT2D eigenvalue weighted by Gasteiger charge is 2.33. The largest absolute Gasteiger partial charge is 0.491 e. The van der Waals surface area contributed by atoms with Gasteiger partial charge in [-0.15, -0.1) is 0 Å². The molecule has 5 nitrogen and oxygen atoms in total. The molecule has 1 N–H and O–H groups in total. The number of hydrogen-bond acceptors (Lipinski definition) is 4. The number of rotatable bonds is 10. The fourth-order valence-electron chi connectivity index (χ4n) is 2.92. The van der Waals surface area contributed by atoms with Gasteiger partial charge in [0.15, 0.2) is 0 Å². The lowest BCUT2D eigenvalue weighted by Crippen LogP contribution is -2.42. The maximum atomic E-state index is 12.9. The van der Waals surface area contributed by atoms with Crippen LogP contribution in [0.1, 0.15) is 53.4 Å². The second-order valence-corrected chi connectivity index (χ2v) is 6.58. The van der Waals surface area contributed by atoms with E-state index < -0.39 is 5.60 Å². The smallest absolute Gasteiger partial charge is 0.256 e. The van der Waals surface area contributed by atoms with Crippen LogP contribution < -0.4 is 10.1 Å². The van der Waals surface area contributed by atoms with Crippen molar-refractivity contribution in [3.05, 3.63) is 30.5 Å². The molecule has 0 saturated carbocycles. The molecular weight excluding hydrogens is 328 g/mol. The normalized spacial score (nSPS) is 13.4. The fourth-order valence-corrected chi connectivity index (χ4v) is 2.92. The summed E-state index contributed by atoms with van der Waals surface area (Å²) in [7, 11) is 0. The van der Waals surface area contributed by atoms with Crippen LogP contribution in [-0.4, -0.2) is 29.7 Å². The zero-order valence-electron chi connectivity index (χ0n) is 16.3. The zero-order valence-corrected chi connectivity index (χ0v) is 16.3. The van der Waals surface area contributed by atoms with Gasteiger partial charge in [0.2, 0.25) is 0 Å². The molecule has 0 saturated heterocycles. The first-order valence-electron chi connectivity index (χ1n) is 9.51. The molecule has 0 aliphatic heterocycles. The van der Waals surface area contributed by atoms with E-state index in [0.29, 0.717) is 19.6 Å². The van der Waals surface area contributed by atoms with Crippen molar-refractivity contribution in [2.75, 3.05) is 18.5 Å². The summed E-state index contributed by atoms with van der Waals surface area (Å²) in [4.78, 5) is 17.4. The van der Waals surface area contributed by atoms with E-state index in [4.69, 9.17) is 9.47 Å². The Labute approximate surface area is 156 Å². The summed E-state index contributed by atoms with van der Waals surface area (Å²) < 4.78 is 11.6. The van der Waals surface area contributed by atoms with Gasteiger partial charge in [0.25, 0.3) is 5.91 Å². The van der Waals surface area contributed by atoms with Crippen LogP contribution in [0.2, 0.25) is 0 Å². The van der Waals surface area contributed by atoms with Gasteiger partial charge < -0.3 is 14.8 Å². The minimum absolute atomic E-state index is 0.125. The topological polar surface area (TPSA) is 60.5 Å². The Morgan fingerprint density at radius 3 is 2.69 bits per heavy atom. The van der Waals surface area contributed by atoms with Crippen molar-refractivity contribution in [1.29, 1.82) is 0 Å². The molecule has 1 amide bonds. The van der Waals surface area contributed by atoms with Gasteiger partial charge in [0.05, 0.1) is 12.3 Å². The summed E-state index contributed by atoms with van der Waals surface area (Å²) in [5, 5.41) is 3.91. The highest BCUT2D eigenvalue weighted by Crippen LogP contribution is 2.31. The number of fused-ring (bicyclic) bond motifs is 1. The number of hydrogen-bond donors (Lipinski definition) is 1. The summed E-state index contributed by atoms with van der Waals surface area (Å²) in [5.74, 6) is 0.610. The molecule has 2 rings (SSSR count). The zero-order chi connectivity index (χ0) is 19.0. The number of benzene rings is 1. The first kappa shape index (κ1) is 20.2. The Morgan fingerprint density at radius 2 is 2.00 bits per heavy atom. The third-order valence-corrected chi connectivity index (χ3v) is 4.39. The van der Waals surface area contributed by atoms with Crippen LogP contribution in [-0.2, 0) is 9.53 Å². The molecule has 0 unspecified atom stereocenters. The lowest BCUT2D eigenvalue weighted by Gasteiger charge is -2.28. The van der Waals surface area contributed by atoms with Crippen LogP contribution in [0.5, 0.6) is 5.75 Å². The van der Waals surface area contributed by atoms with E-state index in [0.717, 1.165) is 41.6 Å². The van der Waals surface area contributed by atoms with Gasteiger partial charge in [0.1, 0.15) is 16.9 Å². The molecule has 0 radical (unpaired) electrons. The first-order chi connectivity index (χ1) is 12.6. The lowest BCUT2D eigenvalue weighted by atomic mass is 9.97. The van der Waals surface area contributed by atoms with Crippen molar-refractivity contribution in [1.82, 2.24) is 4.98 Å². The third kappa shape index (κ3) is 4.73. The first-order valence-corrected chi connectivity index (χ1v) is 9.51. The number of nitrogens with one attached hydrogen (secondary N) is 1.